The number of nitrogens with one attached hydrogen (secondary N) is 1. The number of furan rings is 1. The van der Waals surface area contributed by atoms with Crippen LogP contribution in [0.1, 0.15) is 23.5 Å². The van der Waals surface area contributed by atoms with Crippen molar-refractivity contribution in [1.82, 2.24) is 10.3 Å². The van der Waals surface area contributed by atoms with Crippen molar-refractivity contribution in [2.75, 3.05) is 4.90 Å². The van der Waals surface area contributed by atoms with E-state index in [4.69, 9.17) is 21.4 Å². The molecule has 0 spiro atoms. The van der Waals surface area contributed by atoms with Gasteiger partial charge in [-0.05, 0) is 91.1 Å². The van der Waals surface area contributed by atoms with E-state index in [1.54, 1.807) is 24.4 Å². The molecule has 3 aromatic carbocycles. The predicted molar refractivity (Wildman–Crippen MR) is 153 cm³/mol. The zero-order chi connectivity index (χ0) is 26.1. The molecule has 2 aromatic heterocycles. The van der Waals surface area contributed by atoms with E-state index in [-0.39, 0.29) is 17.9 Å². The summed E-state index contributed by atoms with van der Waals surface area (Å²) < 4.78 is 27.6. The van der Waals surface area contributed by atoms with Crippen LogP contribution in [-0.4, -0.2) is 10.1 Å². The van der Waals surface area contributed by atoms with Gasteiger partial charge in [0.1, 0.15) is 34.9 Å². The van der Waals surface area contributed by atoms with Crippen molar-refractivity contribution in [3.63, 3.8) is 0 Å². The molecular formula is C30H21BrFN3O2S. The third-order valence-corrected chi connectivity index (χ3v) is 7.11. The molecular weight excluding hydrogens is 565 g/mol. The van der Waals surface area contributed by atoms with Crippen LogP contribution in [0.3, 0.4) is 0 Å². The summed E-state index contributed by atoms with van der Waals surface area (Å²) >= 11 is 9.11. The van der Waals surface area contributed by atoms with Gasteiger partial charge in [-0.15, -0.1) is 0 Å². The Morgan fingerprint density at radius 2 is 1.66 bits per heavy atom. The lowest BCUT2D eigenvalue weighted by Gasteiger charge is -2.26. The summed E-state index contributed by atoms with van der Waals surface area (Å²) in [5.41, 5.74) is 2.06. The van der Waals surface area contributed by atoms with Gasteiger partial charge in [-0.2, -0.15) is 0 Å². The number of thiocarbonyl (C=S) groups is 1. The molecule has 0 aliphatic carbocycles. The van der Waals surface area contributed by atoms with Gasteiger partial charge < -0.3 is 19.4 Å². The quantitative estimate of drug-likeness (QED) is 0.203. The highest BCUT2D eigenvalue weighted by Gasteiger charge is 2.42. The zero-order valence-electron chi connectivity index (χ0n) is 19.9. The van der Waals surface area contributed by atoms with Crippen molar-refractivity contribution in [3.8, 4) is 22.8 Å². The minimum atomic E-state index is -0.368. The van der Waals surface area contributed by atoms with Gasteiger partial charge in [-0.25, -0.2) is 4.39 Å². The molecule has 0 amide bonds. The first kappa shape index (κ1) is 24.3. The predicted octanol–water partition coefficient (Wildman–Crippen LogP) is 8.21. The highest BCUT2D eigenvalue weighted by atomic mass is 79.9. The molecule has 5 aromatic rings. The molecule has 8 heteroatoms. The Morgan fingerprint density at radius 3 is 2.39 bits per heavy atom. The first-order valence-electron chi connectivity index (χ1n) is 12.0. The van der Waals surface area contributed by atoms with Crippen LogP contribution in [0.15, 0.2) is 118 Å². The monoisotopic (exact) mass is 585 g/mol. The Hall–Kier alpha value is -4.01. The molecule has 0 bridgehead atoms. The second-order valence-corrected chi connectivity index (χ2v) is 10.0. The van der Waals surface area contributed by atoms with Gasteiger partial charge in [0.2, 0.25) is 0 Å². The number of hydrogen-bond donors (Lipinski definition) is 1. The van der Waals surface area contributed by atoms with Crippen LogP contribution < -0.4 is 15.0 Å². The molecule has 38 heavy (non-hydrogen) atoms. The molecule has 0 radical (unpaired) electrons. The van der Waals surface area contributed by atoms with Crippen LogP contribution in [0.25, 0.3) is 11.3 Å². The molecule has 188 valence electrons. The maximum atomic E-state index is 14.7. The average Bonchev–Trinajstić information content (AvgIpc) is 3.55. The summed E-state index contributed by atoms with van der Waals surface area (Å²) in [5.74, 6) is 2.17. The molecule has 0 unspecified atom stereocenters. The topological polar surface area (TPSA) is 50.5 Å². The van der Waals surface area contributed by atoms with E-state index in [1.807, 2.05) is 83.8 Å². The number of hydrogen-bond acceptors (Lipinski definition) is 4. The molecule has 3 heterocycles. The van der Waals surface area contributed by atoms with Crippen LogP contribution in [-0.2, 0) is 0 Å². The lowest BCUT2D eigenvalue weighted by molar-refractivity contribution is 0.438. The summed E-state index contributed by atoms with van der Waals surface area (Å²) in [4.78, 5) is 6.57. The standard InChI is InChI=1S/C30H21BrFN3O2S/c31-19-9-14-23(24(32)18-19)26-15-16-27(37-26)29-28(25-8-4-5-17-33-25)34-30(38)35(29)20-10-12-22(13-11-20)36-21-6-2-1-3-7-21/h1-18,28-29H,(H,34,38)/t28-,29+/m1/s1. The molecule has 1 fully saturated rings. The number of benzene rings is 3. The number of aromatic nitrogens is 1. The second kappa shape index (κ2) is 10.4. The number of anilines is 1. The van der Waals surface area contributed by atoms with Gasteiger partial charge in [0.05, 0.1) is 17.3 Å². The van der Waals surface area contributed by atoms with E-state index in [0.717, 1.165) is 17.1 Å². The van der Waals surface area contributed by atoms with E-state index in [1.165, 1.54) is 6.07 Å². The molecule has 2 atom stereocenters. The van der Waals surface area contributed by atoms with Crippen molar-refractivity contribution >= 4 is 38.9 Å². The number of rotatable bonds is 6. The van der Waals surface area contributed by atoms with Crippen molar-refractivity contribution in [1.29, 1.82) is 0 Å². The normalized spacial score (nSPS) is 16.9. The first-order valence-corrected chi connectivity index (χ1v) is 13.2. The smallest absolute Gasteiger partial charge is 0.174 e. The lowest BCUT2D eigenvalue weighted by atomic mass is 10.0. The summed E-state index contributed by atoms with van der Waals surface area (Å²) in [7, 11) is 0. The molecule has 1 aliphatic rings. The van der Waals surface area contributed by atoms with Crippen LogP contribution >= 0.6 is 28.1 Å². The van der Waals surface area contributed by atoms with E-state index in [0.29, 0.717) is 32.4 Å². The second-order valence-electron chi connectivity index (χ2n) is 8.73. The Balaban J connectivity index is 1.37. The van der Waals surface area contributed by atoms with E-state index >= 15 is 0 Å². The largest absolute Gasteiger partial charge is 0.459 e. The number of para-hydroxylation sites is 1. The molecule has 6 rings (SSSR count). The van der Waals surface area contributed by atoms with Crippen molar-refractivity contribution in [2.24, 2.45) is 0 Å². The molecule has 5 nitrogen and oxygen atoms in total. The summed E-state index contributed by atoms with van der Waals surface area (Å²) in [6.45, 7) is 0. The Bertz CT molecular complexity index is 1580. The Kier molecular flexibility index (Phi) is 6.66. The van der Waals surface area contributed by atoms with Gasteiger partial charge in [0.25, 0.3) is 0 Å². The van der Waals surface area contributed by atoms with Crippen LogP contribution in [0.5, 0.6) is 11.5 Å². The Morgan fingerprint density at radius 1 is 0.895 bits per heavy atom. The fourth-order valence-electron chi connectivity index (χ4n) is 4.57. The fourth-order valence-corrected chi connectivity index (χ4v) is 5.25. The van der Waals surface area contributed by atoms with Gasteiger partial charge in [0, 0.05) is 16.4 Å². The van der Waals surface area contributed by atoms with E-state index < -0.39 is 0 Å². The van der Waals surface area contributed by atoms with Crippen molar-refractivity contribution in [2.45, 2.75) is 12.1 Å². The van der Waals surface area contributed by atoms with Gasteiger partial charge >= 0.3 is 0 Å². The summed E-state index contributed by atoms with van der Waals surface area (Å²) in [5, 5.41) is 3.95. The van der Waals surface area contributed by atoms with Crippen molar-refractivity contribution in [3.05, 3.63) is 131 Å². The van der Waals surface area contributed by atoms with Gasteiger partial charge in [-0.1, -0.05) is 40.2 Å². The molecule has 0 saturated carbocycles. The van der Waals surface area contributed by atoms with E-state index in [2.05, 4.69) is 26.2 Å². The van der Waals surface area contributed by atoms with Gasteiger partial charge in [0.15, 0.2) is 5.11 Å². The third-order valence-electron chi connectivity index (χ3n) is 6.31. The number of pyridine rings is 1. The minimum Gasteiger partial charge on any atom is -0.459 e. The fraction of sp³-hybridized carbons (Fsp3) is 0.0667. The van der Waals surface area contributed by atoms with Crippen molar-refractivity contribution < 1.29 is 13.5 Å². The minimum absolute atomic E-state index is 0.280. The highest BCUT2D eigenvalue weighted by molar-refractivity contribution is 9.10. The van der Waals surface area contributed by atoms with E-state index in [9.17, 15) is 4.39 Å². The maximum absolute atomic E-state index is 14.7. The lowest BCUT2D eigenvalue weighted by Crippen LogP contribution is -2.29. The zero-order valence-corrected chi connectivity index (χ0v) is 22.3. The number of halogens is 2. The number of ether oxygens (including phenoxy) is 1. The Labute approximate surface area is 233 Å². The third kappa shape index (κ3) is 4.80. The first-order chi connectivity index (χ1) is 18.6. The van der Waals surface area contributed by atoms with Crippen LogP contribution in [0.4, 0.5) is 10.1 Å². The maximum Gasteiger partial charge on any atom is 0.174 e. The molecule has 1 N–H and O–H groups in total. The summed E-state index contributed by atoms with van der Waals surface area (Å²) in [6, 6.07) is 31.0. The van der Waals surface area contributed by atoms with Crippen LogP contribution in [0, 0.1) is 5.82 Å². The SMILES string of the molecule is Fc1cc(Br)ccc1-c1ccc([C@H]2[C@@H](c3ccccn3)NC(=S)N2c2ccc(Oc3ccccc3)cc2)o1. The summed E-state index contributed by atoms with van der Waals surface area (Å²) in [6.07, 6.45) is 1.75. The van der Waals surface area contributed by atoms with Gasteiger partial charge in [-0.3, -0.25) is 4.98 Å². The molecule has 1 aliphatic heterocycles. The molecule has 1 saturated heterocycles. The highest BCUT2D eigenvalue weighted by Crippen LogP contribution is 2.43. The van der Waals surface area contributed by atoms with Crippen LogP contribution in [0.2, 0.25) is 0 Å². The number of nitrogens with zero attached hydrogens (tertiary/aromatic N) is 2. The average molecular weight is 586 g/mol.